The van der Waals surface area contributed by atoms with Gasteiger partial charge in [-0.3, -0.25) is 9.63 Å². The molecule has 4 heteroatoms. The van der Waals surface area contributed by atoms with Crippen molar-refractivity contribution in [3.05, 3.63) is 22.4 Å². The van der Waals surface area contributed by atoms with Crippen molar-refractivity contribution in [3.63, 3.8) is 0 Å². The predicted octanol–water partition coefficient (Wildman–Crippen LogP) is 1.63. The number of hydrogen-bond acceptors (Lipinski definition) is 2. The van der Waals surface area contributed by atoms with E-state index in [1.54, 1.807) is 11.4 Å². The Morgan fingerprint density at radius 1 is 1.78 bits per heavy atom. The summed E-state index contributed by atoms with van der Waals surface area (Å²) < 4.78 is 0. The van der Waals surface area contributed by atoms with Gasteiger partial charge in [-0.2, -0.15) is 11.3 Å². The summed E-state index contributed by atoms with van der Waals surface area (Å²) in [6.45, 7) is 0. The molecule has 0 aliphatic rings. The van der Waals surface area contributed by atoms with Gasteiger partial charge in [-0.25, -0.2) is 0 Å². The Morgan fingerprint density at radius 2 is 2.56 bits per heavy atom. The molecule has 0 unspecified atom stereocenters. The maximum Gasteiger partial charge on any atom is 0.266 e. The van der Waals surface area contributed by atoms with Gasteiger partial charge in [0.15, 0.2) is 0 Å². The second-order valence-corrected chi connectivity index (χ2v) is 2.40. The standard InChI is InChI=1S/C5H4ClNOS/c6-7-5(8)4-1-2-9-3-4/h1-3H,(H,7,8). The van der Waals surface area contributed by atoms with Crippen molar-refractivity contribution >= 4 is 29.0 Å². The fourth-order valence-electron chi connectivity index (χ4n) is 0.448. The van der Waals surface area contributed by atoms with Crippen LogP contribution in [-0.2, 0) is 0 Å². The van der Waals surface area contributed by atoms with Gasteiger partial charge in [-0.1, -0.05) is 0 Å². The number of nitrogens with one attached hydrogen (secondary N) is 1. The SMILES string of the molecule is O=C(NCl)c1ccsc1. The Bertz CT molecular complexity index is 197. The van der Waals surface area contributed by atoms with Crippen LogP contribution in [0, 0.1) is 0 Å². The molecular weight excluding hydrogens is 158 g/mol. The van der Waals surface area contributed by atoms with E-state index in [4.69, 9.17) is 11.8 Å². The number of carbonyl (C=O) groups is 1. The van der Waals surface area contributed by atoms with Crippen LogP contribution < -0.4 is 4.84 Å². The van der Waals surface area contributed by atoms with Gasteiger partial charge in [0.1, 0.15) is 0 Å². The van der Waals surface area contributed by atoms with Crippen LogP contribution in [0.1, 0.15) is 10.4 Å². The summed E-state index contributed by atoms with van der Waals surface area (Å²) in [6, 6.07) is 1.71. The van der Waals surface area contributed by atoms with Crippen molar-refractivity contribution in [2.75, 3.05) is 0 Å². The molecule has 0 atom stereocenters. The highest BCUT2D eigenvalue weighted by molar-refractivity contribution is 7.08. The number of rotatable bonds is 1. The van der Waals surface area contributed by atoms with E-state index in [1.807, 2.05) is 10.2 Å². The predicted molar refractivity (Wildman–Crippen MR) is 37.6 cm³/mol. The molecule has 0 saturated heterocycles. The minimum Gasteiger partial charge on any atom is -0.268 e. The van der Waals surface area contributed by atoms with Crippen LogP contribution in [0.4, 0.5) is 0 Å². The van der Waals surface area contributed by atoms with Crippen LogP contribution in [0.15, 0.2) is 16.8 Å². The monoisotopic (exact) mass is 161 g/mol. The van der Waals surface area contributed by atoms with Gasteiger partial charge < -0.3 is 0 Å². The first-order valence-electron chi connectivity index (χ1n) is 2.28. The van der Waals surface area contributed by atoms with E-state index in [0.29, 0.717) is 5.56 Å². The molecule has 1 N–H and O–H groups in total. The van der Waals surface area contributed by atoms with E-state index in [-0.39, 0.29) is 5.91 Å². The summed E-state index contributed by atoms with van der Waals surface area (Å²) >= 11 is 6.51. The summed E-state index contributed by atoms with van der Waals surface area (Å²) in [5.74, 6) is -0.252. The Balaban J connectivity index is 2.77. The number of hydrogen-bond donors (Lipinski definition) is 1. The molecule has 1 aromatic rings. The zero-order chi connectivity index (χ0) is 6.69. The minimum atomic E-state index is -0.252. The number of amides is 1. The summed E-state index contributed by atoms with van der Waals surface area (Å²) in [5.41, 5.74) is 0.606. The lowest BCUT2D eigenvalue weighted by Crippen LogP contribution is -2.10. The summed E-state index contributed by atoms with van der Waals surface area (Å²) in [4.78, 5) is 12.6. The Kier molecular flexibility index (Phi) is 2.08. The van der Waals surface area contributed by atoms with Gasteiger partial charge in [0.25, 0.3) is 5.91 Å². The highest BCUT2D eigenvalue weighted by Gasteiger charge is 2.01. The Hall–Kier alpha value is -0.540. The van der Waals surface area contributed by atoms with Gasteiger partial charge in [0.05, 0.1) is 5.56 Å². The van der Waals surface area contributed by atoms with Crippen LogP contribution in [0.25, 0.3) is 0 Å². The number of thiophene rings is 1. The van der Waals surface area contributed by atoms with E-state index in [1.165, 1.54) is 11.3 Å². The average Bonchev–Trinajstić information content (AvgIpc) is 2.37. The third-order valence-electron chi connectivity index (χ3n) is 0.869. The lowest BCUT2D eigenvalue weighted by atomic mass is 10.3. The summed E-state index contributed by atoms with van der Waals surface area (Å²) in [6.07, 6.45) is 0. The molecular formula is C5H4ClNOS. The molecule has 1 heterocycles. The molecule has 0 bridgehead atoms. The quantitative estimate of drug-likeness (QED) is 0.624. The maximum atomic E-state index is 10.6. The summed E-state index contributed by atoms with van der Waals surface area (Å²) in [7, 11) is 0. The smallest absolute Gasteiger partial charge is 0.266 e. The van der Waals surface area contributed by atoms with Crippen molar-refractivity contribution in [2.45, 2.75) is 0 Å². The molecule has 0 fully saturated rings. The summed E-state index contributed by atoms with van der Waals surface area (Å²) in [5, 5.41) is 3.55. The van der Waals surface area contributed by atoms with Crippen LogP contribution in [-0.4, -0.2) is 5.91 Å². The van der Waals surface area contributed by atoms with Crippen LogP contribution in [0.5, 0.6) is 0 Å². The van der Waals surface area contributed by atoms with E-state index < -0.39 is 0 Å². The fraction of sp³-hybridized carbons (Fsp3) is 0. The molecule has 0 aliphatic carbocycles. The molecule has 0 aliphatic heterocycles. The largest absolute Gasteiger partial charge is 0.268 e. The third-order valence-corrected chi connectivity index (χ3v) is 1.72. The number of halogens is 1. The lowest BCUT2D eigenvalue weighted by Gasteiger charge is -1.88. The van der Waals surface area contributed by atoms with Crippen LogP contribution >= 0.6 is 23.1 Å². The second kappa shape index (κ2) is 2.85. The molecule has 1 rings (SSSR count). The zero-order valence-electron chi connectivity index (χ0n) is 4.43. The molecule has 1 amide bonds. The van der Waals surface area contributed by atoms with Gasteiger partial charge >= 0.3 is 0 Å². The molecule has 1 aromatic heterocycles. The van der Waals surface area contributed by atoms with E-state index in [0.717, 1.165) is 0 Å². The highest BCUT2D eigenvalue weighted by atomic mass is 35.5. The van der Waals surface area contributed by atoms with Crippen molar-refractivity contribution < 1.29 is 4.79 Å². The van der Waals surface area contributed by atoms with E-state index in [9.17, 15) is 4.79 Å². The first-order valence-corrected chi connectivity index (χ1v) is 3.60. The minimum absolute atomic E-state index is 0.252. The van der Waals surface area contributed by atoms with Crippen LogP contribution in [0.3, 0.4) is 0 Å². The topological polar surface area (TPSA) is 29.1 Å². The zero-order valence-corrected chi connectivity index (χ0v) is 6.00. The molecule has 0 aromatic carbocycles. The van der Waals surface area contributed by atoms with Crippen molar-refractivity contribution in [1.29, 1.82) is 0 Å². The van der Waals surface area contributed by atoms with Gasteiger partial charge in [0, 0.05) is 17.2 Å². The van der Waals surface area contributed by atoms with Gasteiger partial charge in [-0.15, -0.1) is 0 Å². The third kappa shape index (κ3) is 1.43. The second-order valence-electron chi connectivity index (χ2n) is 1.44. The van der Waals surface area contributed by atoms with E-state index >= 15 is 0 Å². The first kappa shape index (κ1) is 6.58. The van der Waals surface area contributed by atoms with Crippen molar-refractivity contribution in [1.82, 2.24) is 4.84 Å². The highest BCUT2D eigenvalue weighted by Crippen LogP contribution is 2.04. The molecule has 0 spiro atoms. The fourth-order valence-corrected chi connectivity index (χ4v) is 1.19. The normalized spacial score (nSPS) is 9.00. The molecule has 9 heavy (non-hydrogen) atoms. The van der Waals surface area contributed by atoms with Gasteiger partial charge in [0.2, 0.25) is 0 Å². The lowest BCUT2D eigenvalue weighted by molar-refractivity contribution is 0.0982. The van der Waals surface area contributed by atoms with Gasteiger partial charge in [-0.05, 0) is 11.4 Å². The average molecular weight is 162 g/mol. The Morgan fingerprint density at radius 3 is 3.00 bits per heavy atom. The van der Waals surface area contributed by atoms with E-state index in [2.05, 4.69) is 0 Å². The first-order chi connectivity index (χ1) is 4.34. The maximum absolute atomic E-state index is 10.6. The van der Waals surface area contributed by atoms with Crippen molar-refractivity contribution in [2.24, 2.45) is 0 Å². The molecule has 0 radical (unpaired) electrons. The molecule has 2 nitrogen and oxygen atoms in total. The Labute approximate surface area is 61.6 Å². The van der Waals surface area contributed by atoms with Crippen LogP contribution in [0.2, 0.25) is 0 Å². The molecule has 0 saturated carbocycles. The molecule has 48 valence electrons. The van der Waals surface area contributed by atoms with Crippen molar-refractivity contribution in [3.8, 4) is 0 Å². The number of carbonyl (C=O) groups excluding carboxylic acids is 1.